The van der Waals surface area contributed by atoms with Crippen LogP contribution in [0.1, 0.15) is 44.7 Å². The van der Waals surface area contributed by atoms with Crippen LogP contribution in [0.3, 0.4) is 0 Å². The van der Waals surface area contributed by atoms with Gasteiger partial charge in [-0.05, 0) is 44.6 Å². The summed E-state index contributed by atoms with van der Waals surface area (Å²) in [6.45, 7) is 7.07. The van der Waals surface area contributed by atoms with Gasteiger partial charge in [0.05, 0.1) is 17.7 Å². The summed E-state index contributed by atoms with van der Waals surface area (Å²) < 4.78 is 5.59. The Morgan fingerprint density at radius 2 is 2.14 bits per heavy atom. The van der Waals surface area contributed by atoms with E-state index in [9.17, 15) is 14.4 Å². The van der Waals surface area contributed by atoms with Gasteiger partial charge in [-0.25, -0.2) is 5.10 Å². The van der Waals surface area contributed by atoms with E-state index in [4.69, 9.17) is 4.74 Å². The Hall–Kier alpha value is -2.48. The maximum Gasteiger partial charge on any atom is 0.264 e. The summed E-state index contributed by atoms with van der Waals surface area (Å²) in [6, 6.07) is 3.26. The third-order valence-electron chi connectivity index (χ3n) is 5.71. The minimum absolute atomic E-state index is 0.00169. The lowest BCUT2D eigenvalue weighted by Gasteiger charge is -2.36. The molecule has 3 rings (SSSR count). The maximum absolute atomic E-state index is 12.4. The standard InChI is InChI=1S/C21H30N4O4/c1-13(2)20-17(8-10-29-20)21(28)22-9-7-14-11-16(12-14)23-18(26)5-3-15-4-6-19(27)25-24-15/h4,6,14,16-17,20H,1,3,5,7-12H2,2H3,(H,22,28)(H,23,26)(H,25,27)/t14?,16?,17-,20-/m0/s1. The Balaban J connectivity index is 1.27. The van der Waals surface area contributed by atoms with E-state index >= 15 is 0 Å². The highest BCUT2D eigenvalue weighted by atomic mass is 16.5. The lowest BCUT2D eigenvalue weighted by molar-refractivity contribution is -0.126. The van der Waals surface area contributed by atoms with Crippen molar-refractivity contribution in [1.29, 1.82) is 0 Å². The van der Waals surface area contributed by atoms with Gasteiger partial charge >= 0.3 is 0 Å². The summed E-state index contributed by atoms with van der Waals surface area (Å²) in [5.74, 6) is 0.452. The fraction of sp³-hybridized carbons (Fsp3) is 0.619. The lowest BCUT2D eigenvalue weighted by atomic mass is 9.78. The van der Waals surface area contributed by atoms with Crippen LogP contribution in [-0.2, 0) is 20.7 Å². The van der Waals surface area contributed by atoms with Crippen molar-refractivity contribution in [2.24, 2.45) is 11.8 Å². The van der Waals surface area contributed by atoms with Crippen LogP contribution in [-0.4, -0.2) is 47.3 Å². The monoisotopic (exact) mass is 402 g/mol. The van der Waals surface area contributed by atoms with Crippen molar-refractivity contribution < 1.29 is 14.3 Å². The normalized spacial score (nSPS) is 25.8. The second-order valence-electron chi connectivity index (χ2n) is 8.13. The van der Waals surface area contributed by atoms with Crippen LogP contribution < -0.4 is 16.2 Å². The van der Waals surface area contributed by atoms with Crippen LogP contribution in [0.2, 0.25) is 0 Å². The smallest absolute Gasteiger partial charge is 0.264 e. The molecule has 1 saturated heterocycles. The number of carbonyl (C=O) groups excluding carboxylic acids is 2. The fourth-order valence-corrected chi connectivity index (χ4v) is 4.02. The number of amides is 2. The number of nitrogens with zero attached hydrogens (tertiary/aromatic N) is 1. The summed E-state index contributed by atoms with van der Waals surface area (Å²) in [5, 5.41) is 12.3. The average molecular weight is 402 g/mol. The highest BCUT2D eigenvalue weighted by Gasteiger charge is 2.35. The zero-order valence-electron chi connectivity index (χ0n) is 16.9. The second kappa shape index (κ2) is 9.82. The molecule has 2 atom stereocenters. The Morgan fingerprint density at radius 3 is 2.83 bits per heavy atom. The molecule has 3 N–H and O–H groups in total. The van der Waals surface area contributed by atoms with Gasteiger partial charge in [-0.15, -0.1) is 0 Å². The number of aromatic amines is 1. The average Bonchev–Trinajstić information content (AvgIpc) is 3.15. The Labute approximate surface area is 170 Å². The van der Waals surface area contributed by atoms with E-state index in [1.54, 1.807) is 6.07 Å². The highest BCUT2D eigenvalue weighted by Crippen LogP contribution is 2.30. The molecule has 2 fully saturated rings. The summed E-state index contributed by atoms with van der Waals surface area (Å²) >= 11 is 0. The van der Waals surface area contributed by atoms with Gasteiger partial charge in [-0.1, -0.05) is 12.2 Å². The van der Waals surface area contributed by atoms with Gasteiger partial charge < -0.3 is 15.4 Å². The number of H-pyrrole nitrogens is 1. The molecule has 0 unspecified atom stereocenters. The molecular formula is C21H30N4O4. The van der Waals surface area contributed by atoms with Gasteiger partial charge in [-0.3, -0.25) is 14.4 Å². The molecule has 0 radical (unpaired) electrons. The molecule has 2 heterocycles. The van der Waals surface area contributed by atoms with E-state index in [-0.39, 0.29) is 35.4 Å². The van der Waals surface area contributed by atoms with Crippen LogP contribution in [0.25, 0.3) is 0 Å². The number of rotatable bonds is 9. The van der Waals surface area contributed by atoms with Crippen molar-refractivity contribution >= 4 is 11.8 Å². The summed E-state index contributed by atoms with van der Waals surface area (Å²) in [5.41, 5.74) is 1.35. The van der Waals surface area contributed by atoms with Gasteiger partial charge in [0.25, 0.3) is 5.56 Å². The van der Waals surface area contributed by atoms with Crippen molar-refractivity contribution in [1.82, 2.24) is 20.8 Å². The number of nitrogens with one attached hydrogen (secondary N) is 3. The van der Waals surface area contributed by atoms with Crippen LogP contribution in [0, 0.1) is 11.8 Å². The maximum atomic E-state index is 12.4. The number of hydrogen-bond acceptors (Lipinski definition) is 5. The third kappa shape index (κ3) is 6.00. The molecule has 0 aromatic carbocycles. The minimum atomic E-state index is -0.248. The van der Waals surface area contributed by atoms with E-state index < -0.39 is 0 Å². The van der Waals surface area contributed by atoms with Gasteiger partial charge in [0.2, 0.25) is 11.8 Å². The SMILES string of the molecule is C=C(C)[C@@H]1OCC[C@@H]1C(=O)NCCC1CC(NC(=O)CCc2ccc(=O)[nH]n2)C1. The highest BCUT2D eigenvalue weighted by molar-refractivity contribution is 5.80. The van der Waals surface area contributed by atoms with Crippen molar-refractivity contribution in [3.05, 3.63) is 40.3 Å². The number of carbonyl (C=O) groups is 2. The van der Waals surface area contributed by atoms with Crippen LogP contribution in [0.4, 0.5) is 0 Å². The van der Waals surface area contributed by atoms with E-state index in [0.717, 1.165) is 31.3 Å². The fourth-order valence-electron chi connectivity index (χ4n) is 4.02. The van der Waals surface area contributed by atoms with Crippen molar-refractivity contribution in [3.63, 3.8) is 0 Å². The predicted molar refractivity (Wildman–Crippen MR) is 108 cm³/mol. The van der Waals surface area contributed by atoms with E-state index in [1.165, 1.54) is 6.07 Å². The number of aromatic nitrogens is 2. The molecule has 0 spiro atoms. The van der Waals surface area contributed by atoms with Crippen molar-refractivity contribution in [2.75, 3.05) is 13.2 Å². The van der Waals surface area contributed by atoms with Gasteiger partial charge in [0, 0.05) is 38.1 Å². The summed E-state index contributed by atoms with van der Waals surface area (Å²) in [6.07, 6.45) is 4.24. The molecule has 29 heavy (non-hydrogen) atoms. The van der Waals surface area contributed by atoms with E-state index in [1.807, 2.05) is 6.92 Å². The Bertz CT molecular complexity index is 780. The zero-order chi connectivity index (χ0) is 20.8. The summed E-state index contributed by atoms with van der Waals surface area (Å²) in [4.78, 5) is 35.4. The number of hydrogen-bond donors (Lipinski definition) is 3. The molecule has 8 heteroatoms. The van der Waals surface area contributed by atoms with E-state index in [2.05, 4.69) is 27.4 Å². The third-order valence-corrected chi connectivity index (χ3v) is 5.71. The quantitative estimate of drug-likeness (QED) is 0.535. The molecule has 8 nitrogen and oxygen atoms in total. The molecular weight excluding hydrogens is 372 g/mol. The van der Waals surface area contributed by atoms with Crippen molar-refractivity contribution in [3.8, 4) is 0 Å². The van der Waals surface area contributed by atoms with Gasteiger partial charge in [0.15, 0.2) is 0 Å². The molecule has 1 saturated carbocycles. The lowest BCUT2D eigenvalue weighted by Crippen LogP contribution is -2.45. The zero-order valence-corrected chi connectivity index (χ0v) is 16.9. The molecule has 0 bridgehead atoms. The molecule has 158 valence electrons. The van der Waals surface area contributed by atoms with Gasteiger partial charge in [-0.2, -0.15) is 5.10 Å². The number of aryl methyl sites for hydroxylation is 1. The molecule has 1 aromatic rings. The molecule has 2 aliphatic rings. The Morgan fingerprint density at radius 1 is 1.34 bits per heavy atom. The van der Waals surface area contributed by atoms with E-state index in [0.29, 0.717) is 37.6 Å². The first-order valence-corrected chi connectivity index (χ1v) is 10.3. The Kier molecular flexibility index (Phi) is 7.19. The first-order valence-electron chi connectivity index (χ1n) is 10.3. The van der Waals surface area contributed by atoms with Crippen molar-refractivity contribution in [2.45, 2.75) is 57.6 Å². The van der Waals surface area contributed by atoms with Crippen LogP contribution in [0.5, 0.6) is 0 Å². The predicted octanol–water partition coefficient (Wildman–Crippen LogP) is 1.08. The number of ether oxygens (including phenoxy) is 1. The first kappa shape index (κ1) is 21.2. The molecule has 1 aliphatic carbocycles. The van der Waals surface area contributed by atoms with Gasteiger partial charge in [0.1, 0.15) is 0 Å². The molecule has 1 aliphatic heterocycles. The molecule has 1 aromatic heterocycles. The topological polar surface area (TPSA) is 113 Å². The van der Waals surface area contributed by atoms with Crippen LogP contribution >= 0.6 is 0 Å². The largest absolute Gasteiger partial charge is 0.373 e. The molecule has 2 amide bonds. The minimum Gasteiger partial charge on any atom is -0.373 e. The summed E-state index contributed by atoms with van der Waals surface area (Å²) in [7, 11) is 0. The second-order valence-corrected chi connectivity index (χ2v) is 8.13. The van der Waals surface area contributed by atoms with Crippen LogP contribution in [0.15, 0.2) is 29.1 Å². The first-order chi connectivity index (χ1) is 13.9.